The second-order valence-electron chi connectivity index (χ2n) is 5.66. The van der Waals surface area contributed by atoms with E-state index >= 15 is 0 Å². The number of hydrogen-bond acceptors (Lipinski definition) is 6. The predicted molar refractivity (Wildman–Crippen MR) is 84.3 cm³/mol. The van der Waals surface area contributed by atoms with Gasteiger partial charge in [0.05, 0.1) is 31.8 Å². The summed E-state index contributed by atoms with van der Waals surface area (Å²) in [7, 11) is 0. The smallest absolute Gasteiger partial charge is 0.308 e. The largest absolute Gasteiger partial charge is 0.466 e. The number of nitriles is 1. The van der Waals surface area contributed by atoms with Crippen molar-refractivity contribution in [2.24, 2.45) is 5.92 Å². The first-order valence-corrected chi connectivity index (χ1v) is 7.95. The van der Waals surface area contributed by atoms with E-state index in [1.807, 2.05) is 19.1 Å². The first kappa shape index (κ1) is 17.4. The maximum atomic E-state index is 12.1. The zero-order chi connectivity index (χ0) is 16.7. The zero-order valence-electron chi connectivity index (χ0n) is 13.7. The van der Waals surface area contributed by atoms with E-state index < -0.39 is 5.54 Å². The normalized spacial score (nSPS) is 19.3. The van der Waals surface area contributed by atoms with Gasteiger partial charge >= 0.3 is 5.97 Å². The molecule has 1 saturated heterocycles. The van der Waals surface area contributed by atoms with Crippen LogP contribution in [0.4, 0.5) is 0 Å². The number of ether oxygens (including phenoxy) is 2. The molecule has 0 N–H and O–H groups in total. The Bertz CT molecular complexity index is 552. The fraction of sp³-hybridized carbons (Fsp3) is 0.588. The van der Waals surface area contributed by atoms with E-state index in [-0.39, 0.29) is 11.9 Å². The van der Waals surface area contributed by atoms with Crippen molar-refractivity contribution in [1.29, 1.82) is 5.26 Å². The predicted octanol–water partition coefficient (Wildman–Crippen LogP) is 1.72. The molecule has 2 rings (SSSR count). The van der Waals surface area contributed by atoms with Gasteiger partial charge in [-0.2, -0.15) is 5.26 Å². The number of esters is 1. The molecule has 0 radical (unpaired) electrons. The van der Waals surface area contributed by atoms with Crippen LogP contribution in [0.5, 0.6) is 0 Å². The van der Waals surface area contributed by atoms with Gasteiger partial charge in [0.2, 0.25) is 0 Å². The van der Waals surface area contributed by atoms with Crippen molar-refractivity contribution in [3.05, 3.63) is 30.1 Å². The van der Waals surface area contributed by atoms with E-state index in [1.54, 1.807) is 19.3 Å². The number of carbonyl (C=O) groups is 1. The fourth-order valence-electron chi connectivity index (χ4n) is 2.99. The Morgan fingerprint density at radius 1 is 1.48 bits per heavy atom. The molecule has 2 unspecified atom stereocenters. The van der Waals surface area contributed by atoms with Crippen LogP contribution in [-0.2, 0) is 19.8 Å². The summed E-state index contributed by atoms with van der Waals surface area (Å²) in [5.74, 6) is -0.639. The summed E-state index contributed by atoms with van der Waals surface area (Å²) in [5, 5.41) is 10.0. The molecule has 124 valence electrons. The van der Waals surface area contributed by atoms with E-state index in [4.69, 9.17) is 9.47 Å². The SMILES string of the molecule is CCOC(=O)C(C)CC(C#N)(c1ccncc1)N1CCOCC1. The molecule has 23 heavy (non-hydrogen) atoms. The molecule has 1 aliphatic rings. The van der Waals surface area contributed by atoms with Gasteiger partial charge in [0.15, 0.2) is 0 Å². The standard InChI is InChI=1S/C17H23N3O3/c1-3-23-16(21)14(2)12-17(13-18,15-4-6-19-7-5-15)20-8-10-22-11-9-20/h4-7,14H,3,8-12H2,1-2H3. The van der Waals surface area contributed by atoms with Crippen molar-refractivity contribution in [2.45, 2.75) is 25.8 Å². The highest BCUT2D eigenvalue weighted by atomic mass is 16.5. The van der Waals surface area contributed by atoms with Crippen LogP contribution in [0.2, 0.25) is 0 Å². The second-order valence-corrected chi connectivity index (χ2v) is 5.66. The molecule has 2 heterocycles. The molecule has 0 saturated carbocycles. The van der Waals surface area contributed by atoms with Gasteiger partial charge in [0.25, 0.3) is 0 Å². The monoisotopic (exact) mass is 317 g/mol. The lowest BCUT2D eigenvalue weighted by Gasteiger charge is -2.42. The summed E-state index contributed by atoms with van der Waals surface area (Å²) in [6.07, 6.45) is 3.74. The molecule has 6 nitrogen and oxygen atoms in total. The van der Waals surface area contributed by atoms with E-state index in [1.165, 1.54) is 0 Å². The number of morpholine rings is 1. The average molecular weight is 317 g/mol. The molecule has 6 heteroatoms. The Hall–Kier alpha value is -1.97. The molecule has 1 aromatic heterocycles. The zero-order valence-corrected chi connectivity index (χ0v) is 13.7. The number of carbonyl (C=O) groups excluding carboxylic acids is 1. The van der Waals surface area contributed by atoms with Gasteiger partial charge < -0.3 is 9.47 Å². The summed E-state index contributed by atoms with van der Waals surface area (Å²) in [6.45, 7) is 6.43. The second kappa shape index (κ2) is 8.04. The van der Waals surface area contributed by atoms with Crippen molar-refractivity contribution in [2.75, 3.05) is 32.9 Å². The Labute approximate surface area is 137 Å². The molecule has 0 amide bonds. The lowest BCUT2D eigenvalue weighted by Crippen LogP contribution is -2.52. The van der Waals surface area contributed by atoms with Crippen molar-refractivity contribution in [3.63, 3.8) is 0 Å². The molecule has 0 aromatic carbocycles. The number of aromatic nitrogens is 1. The molecular formula is C17H23N3O3. The highest BCUT2D eigenvalue weighted by molar-refractivity contribution is 5.72. The van der Waals surface area contributed by atoms with Crippen LogP contribution in [0.3, 0.4) is 0 Å². The molecule has 1 aliphatic heterocycles. The van der Waals surface area contributed by atoms with Crippen LogP contribution in [0.15, 0.2) is 24.5 Å². The number of nitrogens with zero attached hydrogens (tertiary/aromatic N) is 3. The highest BCUT2D eigenvalue weighted by Crippen LogP contribution is 2.35. The van der Waals surface area contributed by atoms with Gasteiger partial charge in [-0.15, -0.1) is 0 Å². The average Bonchev–Trinajstić information content (AvgIpc) is 2.61. The summed E-state index contributed by atoms with van der Waals surface area (Å²) >= 11 is 0. The minimum Gasteiger partial charge on any atom is -0.466 e. The van der Waals surface area contributed by atoms with E-state index in [9.17, 15) is 10.1 Å². The van der Waals surface area contributed by atoms with Crippen LogP contribution >= 0.6 is 0 Å². The molecule has 0 bridgehead atoms. The van der Waals surface area contributed by atoms with E-state index in [0.29, 0.717) is 39.3 Å². The van der Waals surface area contributed by atoms with Gasteiger partial charge in [-0.3, -0.25) is 14.7 Å². The Morgan fingerprint density at radius 3 is 2.70 bits per heavy atom. The quantitative estimate of drug-likeness (QED) is 0.744. The first-order valence-electron chi connectivity index (χ1n) is 7.95. The third-order valence-electron chi connectivity index (χ3n) is 4.18. The van der Waals surface area contributed by atoms with Crippen molar-refractivity contribution < 1.29 is 14.3 Å². The lowest BCUT2D eigenvalue weighted by atomic mass is 9.81. The van der Waals surface area contributed by atoms with E-state index in [0.717, 1.165) is 5.56 Å². The number of hydrogen-bond donors (Lipinski definition) is 0. The Morgan fingerprint density at radius 2 is 2.13 bits per heavy atom. The first-order chi connectivity index (χ1) is 11.1. The van der Waals surface area contributed by atoms with Gasteiger partial charge in [-0.1, -0.05) is 6.92 Å². The number of rotatable bonds is 6. The topological polar surface area (TPSA) is 75.5 Å². The molecule has 1 aromatic rings. The molecule has 1 fully saturated rings. The minimum absolute atomic E-state index is 0.269. The van der Waals surface area contributed by atoms with Crippen molar-refractivity contribution in [3.8, 4) is 6.07 Å². The summed E-state index contributed by atoms with van der Waals surface area (Å²) in [4.78, 5) is 18.2. The molecule has 2 atom stereocenters. The fourth-order valence-corrected chi connectivity index (χ4v) is 2.99. The molecular weight excluding hydrogens is 294 g/mol. The lowest BCUT2D eigenvalue weighted by molar-refractivity contribution is -0.148. The third kappa shape index (κ3) is 3.87. The molecule has 0 spiro atoms. The van der Waals surface area contributed by atoms with Crippen LogP contribution in [-0.4, -0.2) is 48.8 Å². The van der Waals surface area contributed by atoms with Crippen LogP contribution in [0.25, 0.3) is 0 Å². The van der Waals surface area contributed by atoms with Crippen LogP contribution in [0, 0.1) is 17.2 Å². The van der Waals surface area contributed by atoms with Gasteiger partial charge in [-0.05, 0) is 31.0 Å². The van der Waals surface area contributed by atoms with Crippen molar-refractivity contribution >= 4 is 5.97 Å². The van der Waals surface area contributed by atoms with Gasteiger partial charge in [-0.25, -0.2) is 0 Å². The minimum atomic E-state index is -0.876. The maximum Gasteiger partial charge on any atom is 0.308 e. The van der Waals surface area contributed by atoms with Crippen molar-refractivity contribution in [1.82, 2.24) is 9.88 Å². The summed E-state index contributed by atoms with van der Waals surface area (Å²) < 4.78 is 10.5. The van der Waals surface area contributed by atoms with Crippen LogP contribution < -0.4 is 0 Å². The van der Waals surface area contributed by atoms with Crippen LogP contribution in [0.1, 0.15) is 25.8 Å². The number of pyridine rings is 1. The maximum absolute atomic E-state index is 12.1. The summed E-state index contributed by atoms with van der Waals surface area (Å²) in [5.41, 5.74) is -0.0214. The van der Waals surface area contributed by atoms with Gasteiger partial charge in [0.1, 0.15) is 5.54 Å². The Kier molecular flexibility index (Phi) is 6.08. The third-order valence-corrected chi connectivity index (χ3v) is 4.18. The molecule has 0 aliphatic carbocycles. The highest BCUT2D eigenvalue weighted by Gasteiger charge is 2.42. The van der Waals surface area contributed by atoms with E-state index in [2.05, 4.69) is 16.0 Å². The summed E-state index contributed by atoms with van der Waals surface area (Å²) in [6, 6.07) is 6.15. The van der Waals surface area contributed by atoms with Gasteiger partial charge in [0, 0.05) is 25.5 Å². The Balaban J connectivity index is 2.34.